The highest BCUT2D eigenvalue weighted by atomic mass is 28.4. The molecule has 6 nitrogen and oxygen atoms in total. The van der Waals surface area contributed by atoms with Crippen molar-refractivity contribution in [2.24, 2.45) is 0 Å². The van der Waals surface area contributed by atoms with E-state index in [1.807, 2.05) is 0 Å². The lowest BCUT2D eigenvalue weighted by Crippen LogP contribution is -2.40. The molecule has 1 spiro atoms. The molecule has 0 amide bonds. The van der Waals surface area contributed by atoms with Crippen LogP contribution >= 0.6 is 0 Å². The van der Waals surface area contributed by atoms with E-state index in [1.165, 1.54) is 13.8 Å². The first-order valence-electron chi connectivity index (χ1n) is 3.84. The fourth-order valence-corrected chi connectivity index (χ4v) is 3.26. The van der Waals surface area contributed by atoms with Gasteiger partial charge in [0, 0.05) is 0 Å². The standard InChI is InChI=1S/C6H8O6Si/c1-3-5(7)11-13(9-3)10-4(2)6(8)12-13/h3-4H,1-2H3. The Labute approximate surface area is 75.2 Å². The molecule has 2 rings (SSSR count). The Morgan fingerprint density at radius 3 is 1.62 bits per heavy atom. The van der Waals surface area contributed by atoms with Crippen molar-refractivity contribution in [2.75, 3.05) is 0 Å². The number of hydrogen-bond acceptors (Lipinski definition) is 6. The lowest BCUT2D eigenvalue weighted by molar-refractivity contribution is -0.137. The minimum atomic E-state index is -3.42. The van der Waals surface area contributed by atoms with Crippen LogP contribution in [0, 0.1) is 0 Å². The van der Waals surface area contributed by atoms with E-state index >= 15 is 0 Å². The van der Waals surface area contributed by atoms with Crippen molar-refractivity contribution in [1.82, 2.24) is 0 Å². The maximum absolute atomic E-state index is 11.0. The van der Waals surface area contributed by atoms with Gasteiger partial charge >= 0.3 is 21.0 Å². The minimum absolute atomic E-state index is 0.548. The highest BCUT2D eigenvalue weighted by Gasteiger charge is 2.67. The molecule has 2 atom stereocenters. The number of carbonyl (C=O) groups excluding carboxylic acids is 2. The van der Waals surface area contributed by atoms with Gasteiger partial charge in [-0.25, -0.2) is 0 Å². The third-order valence-corrected chi connectivity index (χ3v) is 3.94. The normalized spacial score (nSPS) is 43.8. The average molecular weight is 204 g/mol. The van der Waals surface area contributed by atoms with Gasteiger partial charge in [0.2, 0.25) is 0 Å². The van der Waals surface area contributed by atoms with Crippen molar-refractivity contribution in [3.63, 3.8) is 0 Å². The third-order valence-electron chi connectivity index (χ3n) is 1.76. The smallest absolute Gasteiger partial charge is 0.440 e. The number of rotatable bonds is 0. The predicted molar refractivity (Wildman–Crippen MR) is 39.0 cm³/mol. The van der Waals surface area contributed by atoms with Gasteiger partial charge in [-0.15, -0.1) is 0 Å². The molecule has 0 radical (unpaired) electrons. The van der Waals surface area contributed by atoms with Gasteiger partial charge in [0.05, 0.1) is 0 Å². The molecule has 0 N–H and O–H groups in total. The molecule has 0 aromatic rings. The van der Waals surface area contributed by atoms with Gasteiger partial charge < -0.3 is 17.7 Å². The van der Waals surface area contributed by atoms with Gasteiger partial charge in [0.15, 0.2) is 0 Å². The molecule has 2 fully saturated rings. The number of carbonyl (C=O) groups is 2. The van der Waals surface area contributed by atoms with E-state index in [-0.39, 0.29) is 0 Å². The molecule has 0 saturated carbocycles. The summed E-state index contributed by atoms with van der Waals surface area (Å²) in [6.07, 6.45) is -1.44. The quantitative estimate of drug-likeness (QED) is 0.488. The highest BCUT2D eigenvalue weighted by molar-refractivity contribution is 6.61. The lowest BCUT2D eigenvalue weighted by Gasteiger charge is -2.09. The minimum Gasteiger partial charge on any atom is -0.440 e. The Morgan fingerprint density at radius 2 is 1.38 bits per heavy atom. The van der Waals surface area contributed by atoms with E-state index in [9.17, 15) is 9.59 Å². The van der Waals surface area contributed by atoms with Gasteiger partial charge in [-0.2, -0.15) is 0 Å². The molecule has 13 heavy (non-hydrogen) atoms. The maximum Gasteiger partial charge on any atom is 0.826 e. The summed E-state index contributed by atoms with van der Waals surface area (Å²) in [6, 6.07) is 0. The topological polar surface area (TPSA) is 71.1 Å². The van der Waals surface area contributed by atoms with Crippen LogP contribution in [0.3, 0.4) is 0 Å². The van der Waals surface area contributed by atoms with Crippen molar-refractivity contribution in [3.8, 4) is 0 Å². The van der Waals surface area contributed by atoms with Crippen LogP contribution in [0.4, 0.5) is 0 Å². The van der Waals surface area contributed by atoms with Crippen LogP contribution in [0.2, 0.25) is 0 Å². The molecule has 2 unspecified atom stereocenters. The molecule has 2 aliphatic heterocycles. The van der Waals surface area contributed by atoms with Gasteiger partial charge in [-0.05, 0) is 13.8 Å². The van der Waals surface area contributed by atoms with Crippen LogP contribution in [-0.4, -0.2) is 33.2 Å². The van der Waals surface area contributed by atoms with Crippen molar-refractivity contribution < 1.29 is 27.3 Å². The molecule has 2 heterocycles. The molecule has 2 aliphatic rings. The fraction of sp³-hybridized carbons (Fsp3) is 0.667. The van der Waals surface area contributed by atoms with Crippen molar-refractivity contribution in [2.45, 2.75) is 26.1 Å². The van der Waals surface area contributed by atoms with E-state index in [4.69, 9.17) is 17.7 Å². The summed E-state index contributed by atoms with van der Waals surface area (Å²) in [7, 11) is -3.42. The Morgan fingerprint density at radius 1 is 1.00 bits per heavy atom. The van der Waals surface area contributed by atoms with Crippen LogP contribution in [0.15, 0.2) is 0 Å². The van der Waals surface area contributed by atoms with Crippen LogP contribution in [0.25, 0.3) is 0 Å². The Balaban J connectivity index is 2.17. The average Bonchev–Trinajstić information content (AvgIpc) is 2.39. The van der Waals surface area contributed by atoms with Crippen LogP contribution < -0.4 is 0 Å². The maximum atomic E-state index is 11.0. The first-order valence-corrected chi connectivity index (χ1v) is 5.47. The van der Waals surface area contributed by atoms with Crippen molar-refractivity contribution in [3.05, 3.63) is 0 Å². The Kier molecular flexibility index (Phi) is 1.69. The summed E-state index contributed by atoms with van der Waals surface area (Å²) in [4.78, 5) is 21.9. The van der Waals surface area contributed by atoms with Crippen molar-refractivity contribution in [1.29, 1.82) is 0 Å². The van der Waals surface area contributed by atoms with Crippen LogP contribution in [0.1, 0.15) is 13.8 Å². The number of hydrogen-bond donors (Lipinski definition) is 0. The summed E-state index contributed by atoms with van der Waals surface area (Å²) in [6.45, 7) is 3.04. The molecular weight excluding hydrogens is 196 g/mol. The summed E-state index contributed by atoms with van der Waals surface area (Å²) < 4.78 is 19.7. The largest absolute Gasteiger partial charge is 0.826 e. The second-order valence-corrected chi connectivity index (χ2v) is 4.74. The van der Waals surface area contributed by atoms with E-state index in [2.05, 4.69) is 0 Å². The molecule has 0 bridgehead atoms. The molecule has 0 aromatic heterocycles. The second kappa shape index (κ2) is 2.53. The van der Waals surface area contributed by atoms with Crippen LogP contribution in [0.5, 0.6) is 0 Å². The second-order valence-electron chi connectivity index (χ2n) is 2.86. The first kappa shape index (κ1) is 8.67. The molecule has 7 heteroatoms. The van der Waals surface area contributed by atoms with E-state index < -0.39 is 33.2 Å². The zero-order valence-corrected chi connectivity index (χ0v) is 8.10. The first-order chi connectivity index (χ1) is 6.02. The fourth-order valence-electron chi connectivity index (χ4n) is 1.09. The Bertz CT molecular complexity index is 248. The zero-order chi connectivity index (χ0) is 9.64. The highest BCUT2D eigenvalue weighted by Crippen LogP contribution is 2.29. The predicted octanol–water partition coefficient (Wildman–Crippen LogP) is -0.654. The summed E-state index contributed by atoms with van der Waals surface area (Å²) in [5.41, 5.74) is 0. The van der Waals surface area contributed by atoms with E-state index in [1.54, 1.807) is 0 Å². The Hall–Kier alpha value is -0.923. The summed E-state index contributed by atoms with van der Waals surface area (Å²) >= 11 is 0. The third kappa shape index (κ3) is 1.24. The molecule has 0 aliphatic carbocycles. The van der Waals surface area contributed by atoms with Crippen LogP contribution in [-0.2, 0) is 27.3 Å². The van der Waals surface area contributed by atoms with Gasteiger partial charge in [-0.1, -0.05) is 0 Å². The van der Waals surface area contributed by atoms with Gasteiger partial charge in [-0.3, -0.25) is 9.59 Å². The van der Waals surface area contributed by atoms with Gasteiger partial charge in [0.25, 0.3) is 0 Å². The summed E-state index contributed by atoms with van der Waals surface area (Å²) in [5, 5.41) is 0. The molecule has 72 valence electrons. The van der Waals surface area contributed by atoms with Gasteiger partial charge in [0.1, 0.15) is 12.2 Å². The van der Waals surface area contributed by atoms with E-state index in [0.717, 1.165) is 0 Å². The van der Waals surface area contributed by atoms with E-state index in [0.29, 0.717) is 0 Å². The molecule has 2 saturated heterocycles. The lowest BCUT2D eigenvalue weighted by atomic mass is 10.4. The SMILES string of the molecule is CC1O[Si]2(OC1=O)OC(=O)C(C)O2. The molecular formula is C6H8O6Si. The molecule has 0 aromatic carbocycles. The van der Waals surface area contributed by atoms with Crippen molar-refractivity contribution >= 4 is 21.0 Å². The monoisotopic (exact) mass is 204 g/mol. The summed E-state index contributed by atoms with van der Waals surface area (Å²) in [5.74, 6) is -1.10. The zero-order valence-electron chi connectivity index (χ0n) is 7.10.